The lowest BCUT2D eigenvalue weighted by Crippen LogP contribution is -2.17. The van der Waals surface area contributed by atoms with Crippen LogP contribution in [0.5, 0.6) is 0 Å². The molecular weight excluding hydrogens is 176 g/mol. The number of carbonyl (C=O) groups excluding carboxylic acids is 1. The summed E-state index contributed by atoms with van der Waals surface area (Å²) in [5.41, 5.74) is 0. The fourth-order valence-corrected chi connectivity index (χ4v) is 1.68. The molecule has 2 nitrogen and oxygen atoms in total. The standard InChI is InChI=1S/C9H15ClO2/c10-6-9(11)12-7-8-4-2-1-3-5-8/h8H,1-7H2. The van der Waals surface area contributed by atoms with Crippen LogP contribution >= 0.6 is 11.6 Å². The van der Waals surface area contributed by atoms with E-state index in [0.717, 1.165) is 0 Å². The maximum Gasteiger partial charge on any atom is 0.320 e. The summed E-state index contributed by atoms with van der Waals surface area (Å²) in [6, 6.07) is 0. The zero-order chi connectivity index (χ0) is 8.81. The van der Waals surface area contributed by atoms with Crippen LogP contribution in [0.25, 0.3) is 0 Å². The molecule has 0 atom stereocenters. The van der Waals surface area contributed by atoms with Gasteiger partial charge in [0.2, 0.25) is 0 Å². The Morgan fingerprint density at radius 3 is 2.58 bits per heavy atom. The van der Waals surface area contributed by atoms with Crippen molar-refractivity contribution in [2.75, 3.05) is 12.5 Å². The van der Waals surface area contributed by atoms with Gasteiger partial charge >= 0.3 is 5.97 Å². The summed E-state index contributed by atoms with van der Waals surface area (Å²) in [6.45, 7) is 0.575. The highest BCUT2D eigenvalue weighted by molar-refractivity contribution is 6.26. The molecule has 0 heterocycles. The Hall–Kier alpha value is -0.240. The molecular formula is C9H15ClO2. The Labute approximate surface area is 78.2 Å². The van der Waals surface area contributed by atoms with Crippen LogP contribution < -0.4 is 0 Å². The molecule has 0 radical (unpaired) electrons. The average Bonchev–Trinajstić information content (AvgIpc) is 2.16. The molecule has 0 aromatic carbocycles. The highest BCUT2D eigenvalue weighted by Gasteiger charge is 2.14. The second-order valence-corrected chi connectivity index (χ2v) is 3.59. The van der Waals surface area contributed by atoms with E-state index in [2.05, 4.69) is 0 Å². The van der Waals surface area contributed by atoms with Gasteiger partial charge in [0.1, 0.15) is 5.88 Å². The molecule has 1 rings (SSSR count). The van der Waals surface area contributed by atoms with Crippen molar-refractivity contribution < 1.29 is 9.53 Å². The van der Waals surface area contributed by atoms with Gasteiger partial charge in [-0.25, -0.2) is 0 Å². The zero-order valence-corrected chi connectivity index (χ0v) is 7.98. The molecule has 1 aliphatic rings. The third kappa shape index (κ3) is 3.44. The van der Waals surface area contributed by atoms with E-state index >= 15 is 0 Å². The second-order valence-electron chi connectivity index (χ2n) is 3.32. The summed E-state index contributed by atoms with van der Waals surface area (Å²) < 4.78 is 4.96. The molecule has 1 fully saturated rings. The first kappa shape index (κ1) is 9.85. The molecule has 3 heteroatoms. The van der Waals surface area contributed by atoms with Gasteiger partial charge in [-0.1, -0.05) is 19.3 Å². The Morgan fingerprint density at radius 1 is 1.33 bits per heavy atom. The maximum absolute atomic E-state index is 10.7. The summed E-state index contributed by atoms with van der Waals surface area (Å²) >= 11 is 5.30. The topological polar surface area (TPSA) is 26.3 Å². The van der Waals surface area contributed by atoms with E-state index in [-0.39, 0.29) is 11.8 Å². The van der Waals surface area contributed by atoms with Crippen LogP contribution in [0.3, 0.4) is 0 Å². The van der Waals surface area contributed by atoms with Crippen LogP contribution in [0.15, 0.2) is 0 Å². The van der Waals surface area contributed by atoms with Crippen LogP contribution in [0, 0.1) is 5.92 Å². The van der Waals surface area contributed by atoms with Crippen molar-refractivity contribution >= 4 is 17.6 Å². The van der Waals surface area contributed by atoms with Crippen LogP contribution in [0.4, 0.5) is 0 Å². The average molecular weight is 191 g/mol. The van der Waals surface area contributed by atoms with E-state index in [9.17, 15) is 4.79 Å². The van der Waals surface area contributed by atoms with Crippen molar-refractivity contribution in [1.29, 1.82) is 0 Å². The van der Waals surface area contributed by atoms with Gasteiger partial charge in [-0.2, -0.15) is 0 Å². The molecule has 0 N–H and O–H groups in total. The van der Waals surface area contributed by atoms with Crippen molar-refractivity contribution in [3.05, 3.63) is 0 Å². The van der Waals surface area contributed by atoms with Crippen molar-refractivity contribution in [2.45, 2.75) is 32.1 Å². The van der Waals surface area contributed by atoms with E-state index in [1.165, 1.54) is 32.1 Å². The van der Waals surface area contributed by atoms with Gasteiger partial charge in [0.05, 0.1) is 6.61 Å². The minimum Gasteiger partial charge on any atom is -0.465 e. The summed E-state index contributed by atoms with van der Waals surface area (Å²) in [4.78, 5) is 10.7. The highest BCUT2D eigenvalue weighted by Crippen LogP contribution is 2.23. The second kappa shape index (κ2) is 5.41. The van der Waals surface area contributed by atoms with E-state index in [1.807, 2.05) is 0 Å². The van der Waals surface area contributed by atoms with Crippen molar-refractivity contribution in [1.82, 2.24) is 0 Å². The van der Waals surface area contributed by atoms with E-state index in [1.54, 1.807) is 0 Å². The molecule has 1 aliphatic carbocycles. The first-order valence-corrected chi connectivity index (χ1v) is 5.08. The molecule has 0 aliphatic heterocycles. The summed E-state index contributed by atoms with van der Waals surface area (Å²) in [6.07, 6.45) is 6.30. The Bertz CT molecular complexity index is 141. The minimum absolute atomic E-state index is 0.0211. The molecule has 0 aromatic heterocycles. The maximum atomic E-state index is 10.7. The molecule has 0 unspecified atom stereocenters. The molecule has 0 bridgehead atoms. The molecule has 0 amide bonds. The van der Waals surface area contributed by atoms with Gasteiger partial charge in [-0.3, -0.25) is 4.79 Å². The van der Waals surface area contributed by atoms with Gasteiger partial charge in [0.25, 0.3) is 0 Å². The molecule has 12 heavy (non-hydrogen) atoms. The van der Waals surface area contributed by atoms with Gasteiger partial charge in [-0.15, -0.1) is 11.6 Å². The number of alkyl halides is 1. The van der Waals surface area contributed by atoms with Crippen molar-refractivity contribution in [2.24, 2.45) is 5.92 Å². The fraction of sp³-hybridized carbons (Fsp3) is 0.889. The van der Waals surface area contributed by atoms with Gasteiger partial charge in [0.15, 0.2) is 0 Å². The molecule has 0 aromatic rings. The lowest BCUT2D eigenvalue weighted by Gasteiger charge is -2.20. The smallest absolute Gasteiger partial charge is 0.320 e. The first-order chi connectivity index (χ1) is 5.83. The zero-order valence-electron chi connectivity index (χ0n) is 7.22. The highest BCUT2D eigenvalue weighted by atomic mass is 35.5. The lowest BCUT2D eigenvalue weighted by molar-refractivity contribution is -0.142. The van der Waals surface area contributed by atoms with E-state index in [0.29, 0.717) is 12.5 Å². The van der Waals surface area contributed by atoms with Crippen molar-refractivity contribution in [3.63, 3.8) is 0 Å². The third-order valence-corrected chi connectivity index (χ3v) is 2.53. The van der Waals surface area contributed by atoms with Gasteiger partial charge in [-0.05, 0) is 18.8 Å². The summed E-state index contributed by atoms with van der Waals surface area (Å²) in [7, 11) is 0. The molecule has 1 saturated carbocycles. The predicted octanol–water partition coefficient (Wildman–Crippen LogP) is 2.35. The normalized spacial score (nSPS) is 19.1. The lowest BCUT2D eigenvalue weighted by atomic mass is 9.90. The number of hydrogen-bond donors (Lipinski definition) is 0. The number of ether oxygens (including phenoxy) is 1. The largest absolute Gasteiger partial charge is 0.465 e. The number of rotatable bonds is 3. The van der Waals surface area contributed by atoms with E-state index in [4.69, 9.17) is 16.3 Å². The Morgan fingerprint density at radius 2 is 2.00 bits per heavy atom. The summed E-state index contributed by atoms with van der Waals surface area (Å²) in [5.74, 6) is 0.278. The van der Waals surface area contributed by atoms with Crippen LogP contribution in [0.1, 0.15) is 32.1 Å². The fourth-order valence-electron chi connectivity index (χ4n) is 1.60. The molecule has 0 saturated heterocycles. The molecule has 70 valence electrons. The third-order valence-electron chi connectivity index (χ3n) is 2.31. The Kier molecular flexibility index (Phi) is 4.44. The van der Waals surface area contributed by atoms with Crippen LogP contribution in [-0.2, 0) is 9.53 Å². The predicted molar refractivity (Wildman–Crippen MR) is 48.3 cm³/mol. The van der Waals surface area contributed by atoms with Crippen LogP contribution in [0.2, 0.25) is 0 Å². The number of carbonyl (C=O) groups is 1. The van der Waals surface area contributed by atoms with Gasteiger partial charge in [0, 0.05) is 0 Å². The van der Waals surface area contributed by atoms with E-state index < -0.39 is 0 Å². The SMILES string of the molecule is O=C(CCl)OCC1CCCCC1. The first-order valence-electron chi connectivity index (χ1n) is 4.54. The van der Waals surface area contributed by atoms with Crippen molar-refractivity contribution in [3.8, 4) is 0 Å². The monoisotopic (exact) mass is 190 g/mol. The minimum atomic E-state index is -0.290. The quantitative estimate of drug-likeness (QED) is 0.505. The number of hydrogen-bond acceptors (Lipinski definition) is 2. The number of halogens is 1. The van der Waals surface area contributed by atoms with Gasteiger partial charge < -0.3 is 4.74 Å². The molecule has 0 spiro atoms. The number of esters is 1. The summed E-state index contributed by atoms with van der Waals surface area (Å²) in [5, 5.41) is 0. The Balaban J connectivity index is 2.09. The van der Waals surface area contributed by atoms with Crippen LogP contribution in [-0.4, -0.2) is 18.5 Å².